The van der Waals surface area contributed by atoms with Crippen LogP contribution < -0.4 is 16.2 Å². The summed E-state index contributed by atoms with van der Waals surface area (Å²) in [5, 5.41) is 7.91. The lowest BCUT2D eigenvalue weighted by molar-refractivity contribution is 0.0947. The van der Waals surface area contributed by atoms with E-state index in [1.165, 1.54) is 12.1 Å². The minimum atomic E-state index is -3.70. The van der Waals surface area contributed by atoms with Gasteiger partial charge in [-0.1, -0.05) is 12.1 Å². The number of amides is 1. The van der Waals surface area contributed by atoms with Gasteiger partial charge in [0.2, 0.25) is 16.0 Å². The van der Waals surface area contributed by atoms with Gasteiger partial charge in [-0.25, -0.2) is 23.5 Å². The molecule has 0 unspecified atom stereocenters. The molecule has 1 aliphatic carbocycles. The lowest BCUT2D eigenvalue weighted by Crippen LogP contribution is -2.29. The maximum Gasteiger partial charge on any atom is 0.270 e. The highest BCUT2D eigenvalue weighted by molar-refractivity contribution is 7.89. The largest absolute Gasteiger partial charge is 0.368 e. The zero-order valence-corrected chi connectivity index (χ0v) is 15.1. The van der Waals surface area contributed by atoms with Gasteiger partial charge in [0.05, 0.1) is 4.90 Å². The molecule has 138 valence electrons. The summed E-state index contributed by atoms with van der Waals surface area (Å²) in [5.41, 5.74) is 8.73. The molecule has 1 heterocycles. The molecule has 0 saturated carbocycles. The van der Waals surface area contributed by atoms with Gasteiger partial charge in [-0.05, 0) is 49.8 Å². The molecule has 0 spiro atoms. The number of hydrogen-bond donors (Lipinski definition) is 3. The first-order chi connectivity index (χ1) is 12.3. The summed E-state index contributed by atoms with van der Waals surface area (Å²) >= 11 is 0. The first-order valence-corrected chi connectivity index (χ1v) is 9.94. The molecule has 1 aromatic carbocycles. The minimum Gasteiger partial charge on any atom is -0.368 e. The lowest BCUT2D eigenvalue weighted by Gasteiger charge is -2.17. The summed E-state index contributed by atoms with van der Waals surface area (Å²) in [5.74, 6) is -0.146. The van der Waals surface area contributed by atoms with Crippen molar-refractivity contribution in [3.63, 3.8) is 0 Å². The molecule has 0 bridgehead atoms. The van der Waals surface area contributed by atoms with Crippen LogP contribution in [0.3, 0.4) is 0 Å². The monoisotopic (exact) mass is 375 g/mol. The third-order valence-electron chi connectivity index (χ3n) is 4.37. The molecule has 5 N–H and O–H groups in total. The molecular formula is C17H21N5O3S. The Kier molecular flexibility index (Phi) is 5.19. The Balaban J connectivity index is 1.64. The highest BCUT2D eigenvalue weighted by Crippen LogP contribution is 2.22. The fraction of sp³-hybridized carbons (Fsp3) is 0.353. The fourth-order valence-electron chi connectivity index (χ4n) is 3.05. The van der Waals surface area contributed by atoms with E-state index in [0.29, 0.717) is 18.7 Å². The maximum absolute atomic E-state index is 12.5. The molecule has 1 aliphatic rings. The number of nitrogens with one attached hydrogen (secondary N) is 1. The van der Waals surface area contributed by atoms with Gasteiger partial charge in [-0.15, -0.1) is 0 Å². The van der Waals surface area contributed by atoms with Gasteiger partial charge < -0.3 is 11.1 Å². The Bertz CT molecular complexity index is 926. The van der Waals surface area contributed by atoms with Crippen LogP contribution >= 0.6 is 0 Å². The molecule has 1 aromatic heterocycles. The van der Waals surface area contributed by atoms with Crippen molar-refractivity contribution in [2.45, 2.75) is 37.0 Å². The molecule has 0 saturated heterocycles. The van der Waals surface area contributed by atoms with Crippen LogP contribution in [0.4, 0.5) is 5.95 Å². The topological polar surface area (TPSA) is 141 Å². The standard InChI is InChI=1S/C17H21N5O3S/c18-17-21-14-4-2-1-3-13(14)15(22-17)16(23)20-10-9-11-5-7-12(8-6-11)26(19,24)25/h5-8H,1-4,9-10H2,(H,20,23)(H2,18,21,22)(H2,19,24,25). The number of primary sulfonamides is 1. The van der Waals surface area contributed by atoms with Gasteiger partial charge in [0.1, 0.15) is 5.69 Å². The molecular weight excluding hydrogens is 354 g/mol. The molecule has 0 radical (unpaired) electrons. The van der Waals surface area contributed by atoms with E-state index in [1.54, 1.807) is 12.1 Å². The Labute approximate surface area is 152 Å². The van der Waals surface area contributed by atoms with E-state index < -0.39 is 10.0 Å². The van der Waals surface area contributed by atoms with Crippen molar-refractivity contribution >= 4 is 21.9 Å². The van der Waals surface area contributed by atoms with Crippen molar-refractivity contribution in [2.24, 2.45) is 5.14 Å². The number of nitrogen functional groups attached to an aromatic ring is 1. The minimum absolute atomic E-state index is 0.0633. The van der Waals surface area contributed by atoms with Crippen LogP contribution in [0.1, 0.15) is 40.2 Å². The highest BCUT2D eigenvalue weighted by atomic mass is 32.2. The summed E-state index contributed by atoms with van der Waals surface area (Å²) in [7, 11) is -3.70. The lowest BCUT2D eigenvalue weighted by atomic mass is 9.94. The molecule has 26 heavy (non-hydrogen) atoms. The van der Waals surface area contributed by atoms with E-state index in [2.05, 4.69) is 15.3 Å². The number of benzene rings is 1. The van der Waals surface area contributed by atoms with Crippen molar-refractivity contribution < 1.29 is 13.2 Å². The number of hydrogen-bond acceptors (Lipinski definition) is 6. The molecule has 0 atom stereocenters. The van der Waals surface area contributed by atoms with Gasteiger partial charge in [0, 0.05) is 17.8 Å². The van der Waals surface area contributed by atoms with E-state index >= 15 is 0 Å². The van der Waals surface area contributed by atoms with Crippen LogP contribution in [0.15, 0.2) is 29.2 Å². The Morgan fingerprint density at radius 1 is 1.12 bits per heavy atom. The van der Waals surface area contributed by atoms with Crippen LogP contribution in [0.5, 0.6) is 0 Å². The van der Waals surface area contributed by atoms with Crippen molar-refractivity contribution in [3.8, 4) is 0 Å². The van der Waals surface area contributed by atoms with Crippen molar-refractivity contribution in [1.29, 1.82) is 0 Å². The van der Waals surface area contributed by atoms with Crippen LogP contribution in [-0.4, -0.2) is 30.8 Å². The molecule has 8 nitrogen and oxygen atoms in total. The van der Waals surface area contributed by atoms with Crippen LogP contribution in [0, 0.1) is 0 Å². The summed E-state index contributed by atoms with van der Waals surface area (Å²) in [6, 6.07) is 6.26. The number of carbonyl (C=O) groups is 1. The average molecular weight is 375 g/mol. The van der Waals surface area contributed by atoms with Gasteiger partial charge in [0.25, 0.3) is 5.91 Å². The Morgan fingerprint density at radius 3 is 2.50 bits per heavy atom. The third kappa shape index (κ3) is 4.17. The van der Waals surface area contributed by atoms with Crippen LogP contribution in [0.2, 0.25) is 0 Å². The third-order valence-corrected chi connectivity index (χ3v) is 5.30. The van der Waals surface area contributed by atoms with Crippen LogP contribution in [0.25, 0.3) is 0 Å². The van der Waals surface area contributed by atoms with E-state index in [4.69, 9.17) is 10.9 Å². The van der Waals surface area contributed by atoms with Crippen LogP contribution in [-0.2, 0) is 29.3 Å². The summed E-state index contributed by atoms with van der Waals surface area (Å²) in [6.45, 7) is 0.395. The predicted molar refractivity (Wildman–Crippen MR) is 96.9 cm³/mol. The average Bonchev–Trinajstić information content (AvgIpc) is 2.60. The molecule has 1 amide bonds. The van der Waals surface area contributed by atoms with Gasteiger partial charge in [0.15, 0.2) is 0 Å². The first kappa shape index (κ1) is 18.3. The first-order valence-electron chi connectivity index (χ1n) is 8.40. The molecule has 3 rings (SSSR count). The smallest absolute Gasteiger partial charge is 0.270 e. The summed E-state index contributed by atoms with van der Waals surface area (Å²) in [4.78, 5) is 20.9. The maximum atomic E-state index is 12.5. The number of fused-ring (bicyclic) bond motifs is 1. The Hall–Kier alpha value is -2.52. The molecule has 0 fully saturated rings. The predicted octanol–water partition coefficient (Wildman–Crippen LogP) is 0.557. The fourth-order valence-corrected chi connectivity index (χ4v) is 3.57. The second-order valence-electron chi connectivity index (χ2n) is 6.26. The molecule has 0 aliphatic heterocycles. The number of nitrogens with two attached hydrogens (primary N) is 2. The van der Waals surface area contributed by atoms with Crippen molar-refractivity contribution in [3.05, 3.63) is 46.8 Å². The number of aromatic nitrogens is 2. The molecule has 2 aromatic rings. The summed E-state index contributed by atoms with van der Waals surface area (Å²) in [6.07, 6.45) is 4.21. The number of nitrogens with zero attached hydrogens (tertiary/aromatic N) is 2. The van der Waals surface area contributed by atoms with E-state index in [1.807, 2.05) is 0 Å². The highest BCUT2D eigenvalue weighted by Gasteiger charge is 2.21. The normalized spacial score (nSPS) is 13.9. The van der Waals surface area contributed by atoms with Crippen molar-refractivity contribution in [2.75, 3.05) is 12.3 Å². The van der Waals surface area contributed by atoms with E-state index in [0.717, 1.165) is 42.5 Å². The van der Waals surface area contributed by atoms with Gasteiger partial charge >= 0.3 is 0 Å². The second-order valence-corrected chi connectivity index (χ2v) is 7.82. The van der Waals surface area contributed by atoms with Gasteiger partial charge in [-0.2, -0.15) is 0 Å². The number of rotatable bonds is 5. The quantitative estimate of drug-likeness (QED) is 0.697. The SMILES string of the molecule is Nc1nc2c(c(C(=O)NCCc3ccc(S(N)(=O)=O)cc3)n1)CCCC2. The summed E-state index contributed by atoms with van der Waals surface area (Å²) < 4.78 is 22.5. The number of aryl methyl sites for hydroxylation is 1. The number of anilines is 1. The second kappa shape index (κ2) is 7.38. The zero-order valence-electron chi connectivity index (χ0n) is 14.2. The van der Waals surface area contributed by atoms with E-state index in [-0.39, 0.29) is 16.8 Å². The number of carbonyl (C=O) groups excluding carboxylic acids is 1. The van der Waals surface area contributed by atoms with Gasteiger partial charge in [-0.3, -0.25) is 4.79 Å². The van der Waals surface area contributed by atoms with Crippen molar-refractivity contribution in [1.82, 2.24) is 15.3 Å². The van der Waals surface area contributed by atoms with E-state index in [9.17, 15) is 13.2 Å². The molecule has 9 heteroatoms. The Morgan fingerprint density at radius 2 is 1.81 bits per heavy atom. The number of sulfonamides is 1. The zero-order chi connectivity index (χ0) is 18.7.